The number of para-hydroxylation sites is 1. The topological polar surface area (TPSA) is 69.6 Å². The fraction of sp³-hybridized carbons (Fsp3) is 0.429. The number of nitrogens with one attached hydrogen (secondary N) is 1. The normalized spacial score (nSPS) is 21.7. The molecule has 0 saturated heterocycles. The summed E-state index contributed by atoms with van der Waals surface area (Å²) < 4.78 is 0. The lowest BCUT2D eigenvalue weighted by Crippen LogP contribution is -2.45. The summed E-state index contributed by atoms with van der Waals surface area (Å²) >= 11 is 0. The molecule has 2 amide bonds. The van der Waals surface area contributed by atoms with Crippen molar-refractivity contribution in [2.45, 2.75) is 31.2 Å². The lowest BCUT2D eigenvalue weighted by molar-refractivity contribution is -0.139. The van der Waals surface area contributed by atoms with E-state index in [4.69, 9.17) is 0 Å². The molecule has 1 atom stereocenters. The van der Waals surface area contributed by atoms with E-state index < -0.39 is 11.9 Å². The summed E-state index contributed by atoms with van der Waals surface area (Å²) in [6, 6.07) is 7.45. The van der Waals surface area contributed by atoms with Crippen molar-refractivity contribution in [1.82, 2.24) is 5.32 Å². The van der Waals surface area contributed by atoms with Gasteiger partial charge in [0.2, 0.25) is 0 Å². The number of nitrogens with zero attached hydrogens (tertiary/aromatic N) is 1. The number of benzene rings is 1. The Bertz CT molecular complexity index is 525. The molecule has 1 heterocycles. The first-order valence-electron chi connectivity index (χ1n) is 6.56. The molecule has 0 bridgehead atoms. The van der Waals surface area contributed by atoms with Gasteiger partial charge in [0.15, 0.2) is 0 Å². The first kappa shape index (κ1) is 12.0. The molecule has 1 fully saturated rings. The Morgan fingerprint density at radius 1 is 1.21 bits per heavy atom. The number of fused-ring (bicyclic) bond motifs is 1. The zero-order valence-corrected chi connectivity index (χ0v) is 10.5. The number of carbonyl (C=O) groups is 2. The third-order valence-corrected chi connectivity index (χ3v) is 3.69. The minimum atomic E-state index is -0.824. The number of amides is 2. The van der Waals surface area contributed by atoms with Crippen LogP contribution in [0.25, 0.3) is 0 Å². The van der Waals surface area contributed by atoms with Crippen molar-refractivity contribution in [3.8, 4) is 0 Å². The molecule has 2 N–H and O–H groups in total. The number of hydrogen-bond donors (Lipinski definition) is 2. The molecule has 19 heavy (non-hydrogen) atoms. The molecule has 100 valence electrons. The molecule has 0 aromatic heterocycles. The first-order chi connectivity index (χ1) is 9.16. The summed E-state index contributed by atoms with van der Waals surface area (Å²) in [5, 5.41) is 12.2. The fourth-order valence-electron chi connectivity index (χ4n) is 2.51. The Balaban J connectivity index is 1.89. The predicted octanol–water partition coefficient (Wildman–Crippen LogP) is 1.94. The van der Waals surface area contributed by atoms with Gasteiger partial charge in [0.05, 0.1) is 5.92 Å². The standard InChI is InChI=1S/C14H16N2O3/c17-13(18)11-7-8-16(14(19)15-9-5-6-9)12-4-2-1-3-10(11)12/h1-4,9,11H,5-8H2,(H,15,19)(H,17,18). The summed E-state index contributed by atoms with van der Waals surface area (Å²) in [5.41, 5.74) is 1.45. The van der Waals surface area contributed by atoms with Crippen molar-refractivity contribution in [3.05, 3.63) is 29.8 Å². The highest BCUT2D eigenvalue weighted by Crippen LogP contribution is 2.35. The number of carboxylic acid groups (broad SMARTS) is 1. The molecule has 0 spiro atoms. The molecule has 1 saturated carbocycles. The van der Waals surface area contributed by atoms with Gasteiger partial charge in [-0.1, -0.05) is 18.2 Å². The van der Waals surface area contributed by atoms with Crippen molar-refractivity contribution in [2.24, 2.45) is 0 Å². The molecular formula is C14H16N2O3. The minimum absolute atomic E-state index is 0.112. The van der Waals surface area contributed by atoms with E-state index in [1.54, 1.807) is 11.0 Å². The number of rotatable bonds is 2. The largest absolute Gasteiger partial charge is 0.481 e. The SMILES string of the molecule is O=C(O)C1CCN(C(=O)NC2CC2)c2ccccc21. The highest BCUT2D eigenvalue weighted by Gasteiger charge is 2.34. The zero-order valence-electron chi connectivity index (χ0n) is 10.5. The van der Waals surface area contributed by atoms with Gasteiger partial charge < -0.3 is 10.4 Å². The van der Waals surface area contributed by atoms with Gasteiger partial charge in [-0.05, 0) is 30.9 Å². The maximum absolute atomic E-state index is 12.2. The van der Waals surface area contributed by atoms with Crippen LogP contribution in [0.15, 0.2) is 24.3 Å². The molecule has 5 nitrogen and oxygen atoms in total. The second kappa shape index (κ2) is 4.57. The van der Waals surface area contributed by atoms with Crippen LogP contribution in [-0.4, -0.2) is 29.7 Å². The number of anilines is 1. The Labute approximate surface area is 111 Å². The molecule has 1 aliphatic carbocycles. The summed E-state index contributed by atoms with van der Waals surface area (Å²) in [6.45, 7) is 0.451. The van der Waals surface area contributed by atoms with Crippen LogP contribution in [0.4, 0.5) is 10.5 Å². The molecule has 1 aromatic rings. The molecule has 1 aliphatic heterocycles. The van der Waals surface area contributed by atoms with E-state index in [0.29, 0.717) is 19.0 Å². The van der Waals surface area contributed by atoms with Gasteiger partial charge in [0.25, 0.3) is 0 Å². The predicted molar refractivity (Wildman–Crippen MR) is 70.3 cm³/mol. The van der Waals surface area contributed by atoms with Gasteiger partial charge in [0, 0.05) is 18.3 Å². The van der Waals surface area contributed by atoms with Crippen molar-refractivity contribution in [1.29, 1.82) is 0 Å². The average Bonchev–Trinajstić information content (AvgIpc) is 3.21. The summed E-state index contributed by atoms with van der Waals surface area (Å²) in [4.78, 5) is 25.1. The number of hydrogen-bond acceptors (Lipinski definition) is 2. The van der Waals surface area contributed by atoms with Gasteiger partial charge >= 0.3 is 12.0 Å². The smallest absolute Gasteiger partial charge is 0.322 e. The molecule has 3 rings (SSSR count). The van der Waals surface area contributed by atoms with Gasteiger partial charge in [0.1, 0.15) is 0 Å². The zero-order chi connectivity index (χ0) is 13.4. The van der Waals surface area contributed by atoms with E-state index >= 15 is 0 Å². The maximum Gasteiger partial charge on any atom is 0.322 e. The van der Waals surface area contributed by atoms with Crippen LogP contribution in [-0.2, 0) is 4.79 Å². The lowest BCUT2D eigenvalue weighted by Gasteiger charge is -2.32. The van der Waals surface area contributed by atoms with Crippen molar-refractivity contribution < 1.29 is 14.7 Å². The molecule has 2 aliphatic rings. The van der Waals surface area contributed by atoms with Crippen molar-refractivity contribution >= 4 is 17.7 Å². The third-order valence-electron chi connectivity index (χ3n) is 3.69. The van der Waals surface area contributed by atoms with Gasteiger partial charge in [-0.15, -0.1) is 0 Å². The molecule has 5 heteroatoms. The molecular weight excluding hydrogens is 244 g/mol. The quantitative estimate of drug-likeness (QED) is 0.853. The summed E-state index contributed by atoms with van der Waals surface area (Å²) in [7, 11) is 0. The van der Waals surface area contributed by atoms with E-state index in [0.717, 1.165) is 24.1 Å². The van der Waals surface area contributed by atoms with Crippen LogP contribution in [0.2, 0.25) is 0 Å². The van der Waals surface area contributed by atoms with Gasteiger partial charge in [-0.25, -0.2) is 4.79 Å². The Kier molecular flexibility index (Phi) is 2.89. The van der Waals surface area contributed by atoms with Crippen molar-refractivity contribution in [2.75, 3.05) is 11.4 Å². The van der Waals surface area contributed by atoms with Gasteiger partial charge in [-0.2, -0.15) is 0 Å². The highest BCUT2D eigenvalue weighted by molar-refractivity contribution is 5.95. The second-order valence-corrected chi connectivity index (χ2v) is 5.11. The fourth-order valence-corrected chi connectivity index (χ4v) is 2.51. The van der Waals surface area contributed by atoms with Crippen LogP contribution in [0, 0.1) is 0 Å². The summed E-state index contributed by atoms with van der Waals surface area (Å²) in [6.07, 6.45) is 2.54. The monoisotopic (exact) mass is 260 g/mol. The average molecular weight is 260 g/mol. The number of carboxylic acids is 1. The Hall–Kier alpha value is -2.04. The second-order valence-electron chi connectivity index (χ2n) is 5.11. The first-order valence-corrected chi connectivity index (χ1v) is 6.56. The number of urea groups is 1. The Morgan fingerprint density at radius 2 is 1.95 bits per heavy atom. The van der Waals surface area contributed by atoms with E-state index in [2.05, 4.69) is 5.32 Å². The van der Waals surface area contributed by atoms with E-state index in [-0.39, 0.29) is 6.03 Å². The van der Waals surface area contributed by atoms with Gasteiger partial charge in [-0.3, -0.25) is 9.69 Å². The third kappa shape index (κ3) is 2.28. The van der Waals surface area contributed by atoms with Crippen LogP contribution >= 0.6 is 0 Å². The van der Waals surface area contributed by atoms with Crippen molar-refractivity contribution in [3.63, 3.8) is 0 Å². The van der Waals surface area contributed by atoms with Crippen LogP contribution in [0.3, 0.4) is 0 Å². The molecule has 0 radical (unpaired) electrons. The minimum Gasteiger partial charge on any atom is -0.481 e. The molecule has 1 aromatic carbocycles. The number of carbonyl (C=O) groups excluding carboxylic acids is 1. The maximum atomic E-state index is 12.2. The van der Waals surface area contributed by atoms with Crippen LogP contribution in [0.1, 0.15) is 30.7 Å². The van der Waals surface area contributed by atoms with Crippen LogP contribution in [0.5, 0.6) is 0 Å². The molecule has 1 unspecified atom stereocenters. The van der Waals surface area contributed by atoms with Crippen LogP contribution < -0.4 is 10.2 Å². The number of aliphatic carboxylic acids is 1. The van der Waals surface area contributed by atoms with E-state index in [1.165, 1.54) is 0 Å². The lowest BCUT2D eigenvalue weighted by atomic mass is 9.90. The summed E-state index contributed by atoms with van der Waals surface area (Å²) in [5.74, 6) is -1.34. The van der Waals surface area contributed by atoms with E-state index in [9.17, 15) is 14.7 Å². The Morgan fingerprint density at radius 3 is 2.63 bits per heavy atom. The highest BCUT2D eigenvalue weighted by atomic mass is 16.4. The van der Waals surface area contributed by atoms with E-state index in [1.807, 2.05) is 18.2 Å².